The number of carboxylic acid groups (broad SMARTS) is 1. The highest BCUT2D eigenvalue weighted by Crippen LogP contribution is 2.19. The number of carboxylic acids is 1. The minimum Gasteiger partial charge on any atom is -0.478 e. The topological polar surface area (TPSA) is 83.5 Å². The lowest BCUT2D eigenvalue weighted by Gasteiger charge is -2.09. The van der Waals surface area contributed by atoms with Crippen LogP contribution in [0, 0.1) is 0 Å². The monoisotopic (exact) mass is 311 g/mol. The fourth-order valence-electron chi connectivity index (χ4n) is 1.28. The highest BCUT2D eigenvalue weighted by atomic mass is 32.2. The van der Waals surface area contributed by atoms with Gasteiger partial charge in [0.1, 0.15) is 0 Å². The van der Waals surface area contributed by atoms with Crippen molar-refractivity contribution in [2.24, 2.45) is 0 Å². The average Bonchev–Trinajstić information content (AvgIpc) is 2.34. The van der Waals surface area contributed by atoms with Gasteiger partial charge in [-0.25, -0.2) is 17.9 Å². The third-order valence-electron chi connectivity index (χ3n) is 2.35. The largest absolute Gasteiger partial charge is 0.478 e. The van der Waals surface area contributed by atoms with Crippen molar-refractivity contribution in [1.29, 1.82) is 0 Å². The predicted molar refractivity (Wildman–Crippen MR) is 64.7 cm³/mol. The summed E-state index contributed by atoms with van der Waals surface area (Å²) in [5.41, 5.74) is 0.485. The summed E-state index contributed by atoms with van der Waals surface area (Å²) in [4.78, 5) is 10.6. The Bertz CT molecular complexity index is 566. The van der Waals surface area contributed by atoms with E-state index in [-0.39, 0.29) is 12.1 Å². The zero-order valence-corrected chi connectivity index (χ0v) is 11.0. The molecule has 2 N–H and O–H groups in total. The van der Waals surface area contributed by atoms with E-state index < -0.39 is 34.3 Å². The lowest BCUT2D eigenvalue weighted by Crippen LogP contribution is -2.28. The number of aromatic carboxylic acids is 1. The number of benzene rings is 1. The van der Waals surface area contributed by atoms with Crippen molar-refractivity contribution >= 4 is 16.0 Å². The van der Waals surface area contributed by atoms with E-state index in [1.807, 2.05) is 4.72 Å². The lowest BCUT2D eigenvalue weighted by atomic mass is 10.1. The Morgan fingerprint density at radius 2 is 1.75 bits per heavy atom. The highest BCUT2D eigenvalue weighted by Gasteiger charge is 2.29. The maximum absolute atomic E-state index is 11.9. The Hall–Kier alpha value is -1.61. The molecular weight excluding hydrogens is 299 g/mol. The summed E-state index contributed by atoms with van der Waals surface area (Å²) in [5.74, 6) is -2.16. The maximum atomic E-state index is 11.9. The van der Waals surface area contributed by atoms with Crippen molar-refractivity contribution in [2.45, 2.75) is 19.1 Å². The fourth-order valence-corrected chi connectivity index (χ4v) is 2.31. The summed E-state index contributed by atoms with van der Waals surface area (Å²) in [6, 6.07) is 5.33. The molecule has 9 heteroatoms. The van der Waals surface area contributed by atoms with Crippen LogP contribution in [-0.2, 0) is 16.6 Å². The normalized spacial score (nSPS) is 12.3. The third kappa shape index (κ3) is 6.02. The van der Waals surface area contributed by atoms with Gasteiger partial charge in [0.15, 0.2) is 0 Å². The minimum atomic E-state index is -4.53. The number of hydrogen-bond donors (Lipinski definition) is 2. The molecule has 1 aromatic carbocycles. The van der Waals surface area contributed by atoms with Crippen molar-refractivity contribution < 1.29 is 31.5 Å². The highest BCUT2D eigenvalue weighted by molar-refractivity contribution is 7.89. The van der Waals surface area contributed by atoms with Gasteiger partial charge >= 0.3 is 12.1 Å². The predicted octanol–water partition coefficient (Wildman–Crippen LogP) is 1.76. The average molecular weight is 311 g/mol. The van der Waals surface area contributed by atoms with Gasteiger partial charge < -0.3 is 5.11 Å². The molecule has 0 saturated carbocycles. The van der Waals surface area contributed by atoms with Crippen LogP contribution in [0.25, 0.3) is 0 Å². The third-order valence-corrected chi connectivity index (χ3v) is 3.68. The van der Waals surface area contributed by atoms with Crippen LogP contribution in [0.2, 0.25) is 0 Å². The molecule has 0 aliphatic carbocycles. The summed E-state index contributed by atoms with van der Waals surface area (Å²) in [5, 5.41) is 8.66. The van der Waals surface area contributed by atoms with Gasteiger partial charge in [-0.05, 0) is 17.7 Å². The van der Waals surface area contributed by atoms with Crippen molar-refractivity contribution in [2.75, 3.05) is 5.75 Å². The van der Waals surface area contributed by atoms with Crippen molar-refractivity contribution in [3.63, 3.8) is 0 Å². The molecule has 0 aromatic heterocycles. The summed E-state index contributed by atoms with van der Waals surface area (Å²) in [7, 11) is -4.03. The molecule has 0 atom stereocenters. The smallest absolute Gasteiger partial charge is 0.390 e. The van der Waals surface area contributed by atoms with Gasteiger partial charge in [0, 0.05) is 6.54 Å². The van der Waals surface area contributed by atoms with Crippen LogP contribution >= 0.6 is 0 Å². The first-order valence-corrected chi connectivity index (χ1v) is 7.11. The second kappa shape index (κ2) is 6.23. The van der Waals surface area contributed by atoms with E-state index in [1.165, 1.54) is 24.3 Å². The zero-order chi connectivity index (χ0) is 15.4. The Morgan fingerprint density at radius 1 is 1.20 bits per heavy atom. The first-order chi connectivity index (χ1) is 9.09. The van der Waals surface area contributed by atoms with Crippen molar-refractivity contribution in [1.82, 2.24) is 4.72 Å². The molecule has 0 fully saturated rings. The first-order valence-electron chi connectivity index (χ1n) is 5.45. The summed E-state index contributed by atoms with van der Waals surface area (Å²) < 4.78 is 60.4. The van der Waals surface area contributed by atoms with Crippen LogP contribution in [0.1, 0.15) is 22.3 Å². The Labute approximate surface area is 113 Å². The number of alkyl halides is 3. The van der Waals surface area contributed by atoms with Gasteiger partial charge in [0.2, 0.25) is 10.0 Å². The molecule has 0 bridgehead atoms. The molecule has 112 valence electrons. The van der Waals surface area contributed by atoms with Gasteiger partial charge in [-0.1, -0.05) is 12.1 Å². The second-order valence-corrected chi connectivity index (χ2v) is 5.93. The molecule has 0 heterocycles. The van der Waals surface area contributed by atoms with E-state index in [9.17, 15) is 26.4 Å². The Kier molecular flexibility index (Phi) is 5.12. The summed E-state index contributed by atoms with van der Waals surface area (Å²) in [6.45, 7) is -0.194. The second-order valence-electron chi connectivity index (χ2n) is 4.01. The first kappa shape index (κ1) is 16.4. The van der Waals surface area contributed by atoms with Crippen LogP contribution in [0.3, 0.4) is 0 Å². The van der Waals surface area contributed by atoms with Crippen LogP contribution in [0.15, 0.2) is 24.3 Å². The van der Waals surface area contributed by atoms with E-state index in [2.05, 4.69) is 0 Å². The standard InChI is InChI=1S/C11H12F3NO4S/c12-11(13,14)5-6-20(18,19)15-7-8-1-3-9(4-2-8)10(16)17/h1-4,15H,5-7H2,(H,16,17). The van der Waals surface area contributed by atoms with E-state index in [0.717, 1.165) is 0 Å². The van der Waals surface area contributed by atoms with E-state index in [4.69, 9.17) is 5.11 Å². The molecule has 0 saturated heterocycles. The Morgan fingerprint density at radius 3 is 2.20 bits per heavy atom. The van der Waals surface area contributed by atoms with Gasteiger partial charge in [-0.15, -0.1) is 0 Å². The molecule has 20 heavy (non-hydrogen) atoms. The van der Waals surface area contributed by atoms with Gasteiger partial charge in [0.25, 0.3) is 0 Å². The molecule has 1 aromatic rings. The zero-order valence-electron chi connectivity index (χ0n) is 10.1. The molecular formula is C11H12F3NO4S. The molecule has 0 unspecified atom stereocenters. The number of carbonyl (C=O) groups is 1. The quantitative estimate of drug-likeness (QED) is 0.838. The molecule has 0 aliphatic heterocycles. The lowest BCUT2D eigenvalue weighted by molar-refractivity contribution is -0.130. The van der Waals surface area contributed by atoms with E-state index in [1.54, 1.807) is 0 Å². The van der Waals surface area contributed by atoms with E-state index in [0.29, 0.717) is 5.56 Å². The molecule has 0 amide bonds. The van der Waals surface area contributed by atoms with Gasteiger partial charge in [-0.3, -0.25) is 0 Å². The van der Waals surface area contributed by atoms with Crippen LogP contribution in [0.5, 0.6) is 0 Å². The van der Waals surface area contributed by atoms with Gasteiger partial charge in [0.05, 0.1) is 17.7 Å². The number of nitrogens with one attached hydrogen (secondary N) is 1. The molecule has 1 rings (SSSR count). The number of halogens is 3. The molecule has 0 aliphatic rings. The van der Waals surface area contributed by atoms with Crippen LogP contribution < -0.4 is 4.72 Å². The van der Waals surface area contributed by atoms with E-state index >= 15 is 0 Å². The summed E-state index contributed by atoms with van der Waals surface area (Å²) in [6.07, 6.45) is -5.95. The Balaban J connectivity index is 2.56. The SMILES string of the molecule is O=C(O)c1ccc(CNS(=O)(=O)CCC(F)(F)F)cc1. The summed E-state index contributed by atoms with van der Waals surface area (Å²) >= 11 is 0. The molecule has 5 nitrogen and oxygen atoms in total. The number of rotatable bonds is 6. The van der Waals surface area contributed by atoms with Crippen LogP contribution in [-0.4, -0.2) is 31.4 Å². The number of hydrogen-bond acceptors (Lipinski definition) is 3. The minimum absolute atomic E-state index is 0.0358. The molecule has 0 spiro atoms. The van der Waals surface area contributed by atoms with Crippen molar-refractivity contribution in [3.05, 3.63) is 35.4 Å². The molecule has 0 radical (unpaired) electrons. The maximum Gasteiger partial charge on any atom is 0.390 e. The fraction of sp³-hybridized carbons (Fsp3) is 0.364. The number of sulfonamides is 1. The van der Waals surface area contributed by atoms with Gasteiger partial charge in [-0.2, -0.15) is 13.2 Å². The van der Waals surface area contributed by atoms with Crippen LogP contribution in [0.4, 0.5) is 13.2 Å². The van der Waals surface area contributed by atoms with Crippen molar-refractivity contribution in [3.8, 4) is 0 Å².